The average Bonchev–Trinajstić information content (AvgIpc) is 2.70. The molecular formula is C8H12O3. The molecule has 0 spiro atoms. The van der Waals surface area contributed by atoms with E-state index in [-0.39, 0.29) is 5.97 Å². The van der Waals surface area contributed by atoms with E-state index < -0.39 is 0 Å². The summed E-state index contributed by atoms with van der Waals surface area (Å²) in [6.07, 6.45) is 3.66. The maximum Gasteiger partial charge on any atom is 0.305 e. The molecular weight excluding hydrogens is 144 g/mol. The zero-order valence-electron chi connectivity index (χ0n) is 6.58. The molecule has 0 N–H and O–H groups in total. The van der Waals surface area contributed by atoms with E-state index in [0.717, 1.165) is 12.8 Å². The highest BCUT2D eigenvalue weighted by atomic mass is 16.6. The summed E-state index contributed by atoms with van der Waals surface area (Å²) < 4.78 is 9.89. The number of esters is 1. The Hall–Kier alpha value is -0.570. The normalized spacial score (nSPS) is 39.9. The number of hydrogen-bond donors (Lipinski definition) is 0. The van der Waals surface area contributed by atoms with Gasteiger partial charge in [-0.2, -0.15) is 0 Å². The smallest absolute Gasteiger partial charge is 0.305 e. The fraction of sp³-hybridized carbons (Fsp3) is 0.875. The number of ether oxygens (including phenoxy) is 2. The van der Waals surface area contributed by atoms with Crippen molar-refractivity contribution in [2.75, 3.05) is 7.11 Å². The Morgan fingerprint density at radius 2 is 2.45 bits per heavy atom. The Labute approximate surface area is 65.7 Å². The van der Waals surface area contributed by atoms with Crippen molar-refractivity contribution in [1.82, 2.24) is 0 Å². The molecule has 2 fully saturated rings. The average molecular weight is 156 g/mol. The van der Waals surface area contributed by atoms with Crippen LogP contribution in [-0.2, 0) is 14.3 Å². The number of epoxide rings is 1. The second kappa shape index (κ2) is 2.48. The monoisotopic (exact) mass is 156 g/mol. The molecule has 11 heavy (non-hydrogen) atoms. The van der Waals surface area contributed by atoms with Crippen LogP contribution in [0.15, 0.2) is 0 Å². The van der Waals surface area contributed by atoms with Gasteiger partial charge in [0.2, 0.25) is 0 Å². The van der Waals surface area contributed by atoms with E-state index in [1.807, 2.05) is 0 Å². The summed E-state index contributed by atoms with van der Waals surface area (Å²) in [5.41, 5.74) is 0. The lowest BCUT2D eigenvalue weighted by atomic mass is 10.0. The lowest BCUT2D eigenvalue weighted by Gasteiger charge is -2.07. The van der Waals surface area contributed by atoms with E-state index >= 15 is 0 Å². The zero-order valence-corrected chi connectivity index (χ0v) is 6.58. The summed E-state index contributed by atoms with van der Waals surface area (Å²) in [5, 5.41) is 0. The molecule has 3 heteroatoms. The fourth-order valence-electron chi connectivity index (χ4n) is 1.86. The second-order valence-electron chi connectivity index (χ2n) is 3.26. The third-order valence-electron chi connectivity index (χ3n) is 2.56. The van der Waals surface area contributed by atoms with Gasteiger partial charge in [0.25, 0.3) is 0 Å². The van der Waals surface area contributed by atoms with Crippen LogP contribution in [0.4, 0.5) is 0 Å². The van der Waals surface area contributed by atoms with Gasteiger partial charge in [-0.1, -0.05) is 0 Å². The Morgan fingerprint density at radius 3 is 2.91 bits per heavy atom. The maximum absolute atomic E-state index is 10.9. The van der Waals surface area contributed by atoms with Crippen LogP contribution in [0.5, 0.6) is 0 Å². The quantitative estimate of drug-likeness (QED) is 0.437. The zero-order chi connectivity index (χ0) is 7.84. The van der Waals surface area contributed by atoms with Crippen molar-refractivity contribution in [3.05, 3.63) is 0 Å². The predicted octanol–water partition coefficient (Wildman–Crippen LogP) is 0.727. The van der Waals surface area contributed by atoms with E-state index in [2.05, 4.69) is 4.74 Å². The molecule has 0 aromatic carbocycles. The van der Waals surface area contributed by atoms with Crippen LogP contribution in [0.3, 0.4) is 0 Å². The first-order valence-corrected chi connectivity index (χ1v) is 4.03. The SMILES string of the molecule is COC(=O)C[C@@H]1CC[C@H]2O[C@@H]12. The van der Waals surface area contributed by atoms with Gasteiger partial charge in [0.05, 0.1) is 25.7 Å². The van der Waals surface area contributed by atoms with Crippen LogP contribution in [0.1, 0.15) is 19.3 Å². The third kappa shape index (κ3) is 1.25. The molecule has 1 heterocycles. The minimum absolute atomic E-state index is 0.105. The van der Waals surface area contributed by atoms with Gasteiger partial charge in [-0.15, -0.1) is 0 Å². The van der Waals surface area contributed by atoms with Crippen LogP contribution in [-0.4, -0.2) is 25.3 Å². The van der Waals surface area contributed by atoms with E-state index in [0.29, 0.717) is 24.5 Å². The highest BCUT2D eigenvalue weighted by Gasteiger charge is 2.50. The molecule has 0 aromatic heterocycles. The van der Waals surface area contributed by atoms with Gasteiger partial charge in [-0.05, 0) is 18.8 Å². The number of fused-ring (bicyclic) bond motifs is 1. The summed E-state index contributed by atoms with van der Waals surface area (Å²) in [5.74, 6) is 0.332. The highest BCUT2D eigenvalue weighted by molar-refractivity contribution is 5.69. The molecule has 1 aliphatic carbocycles. The Morgan fingerprint density at radius 1 is 1.64 bits per heavy atom. The lowest BCUT2D eigenvalue weighted by molar-refractivity contribution is -0.141. The molecule has 0 amide bonds. The molecule has 0 unspecified atom stereocenters. The lowest BCUT2D eigenvalue weighted by Crippen LogP contribution is -2.12. The minimum Gasteiger partial charge on any atom is -0.469 e. The van der Waals surface area contributed by atoms with Gasteiger partial charge in [-0.25, -0.2) is 0 Å². The first kappa shape index (κ1) is 7.10. The number of carbonyl (C=O) groups excluding carboxylic acids is 1. The molecule has 62 valence electrons. The number of carbonyl (C=O) groups is 1. The second-order valence-corrected chi connectivity index (χ2v) is 3.26. The maximum atomic E-state index is 10.9. The van der Waals surface area contributed by atoms with Crippen molar-refractivity contribution in [2.24, 2.45) is 5.92 Å². The highest BCUT2D eigenvalue weighted by Crippen LogP contribution is 2.44. The number of methoxy groups -OCH3 is 1. The fourth-order valence-corrected chi connectivity index (χ4v) is 1.86. The molecule has 2 aliphatic rings. The minimum atomic E-state index is -0.105. The third-order valence-corrected chi connectivity index (χ3v) is 2.56. The first-order valence-electron chi connectivity index (χ1n) is 4.03. The van der Waals surface area contributed by atoms with Crippen LogP contribution in [0.25, 0.3) is 0 Å². The molecule has 1 saturated carbocycles. The summed E-state index contributed by atoms with van der Waals surface area (Å²) in [6.45, 7) is 0. The van der Waals surface area contributed by atoms with Gasteiger partial charge in [0.15, 0.2) is 0 Å². The van der Waals surface area contributed by atoms with Gasteiger partial charge in [0, 0.05) is 0 Å². The number of hydrogen-bond acceptors (Lipinski definition) is 3. The molecule has 3 nitrogen and oxygen atoms in total. The molecule has 0 radical (unpaired) electrons. The van der Waals surface area contributed by atoms with Crippen molar-refractivity contribution in [3.8, 4) is 0 Å². The van der Waals surface area contributed by atoms with Crippen LogP contribution in [0, 0.1) is 5.92 Å². The predicted molar refractivity (Wildman–Crippen MR) is 38.0 cm³/mol. The molecule has 0 bridgehead atoms. The van der Waals surface area contributed by atoms with Crippen molar-refractivity contribution in [3.63, 3.8) is 0 Å². The summed E-state index contributed by atoms with van der Waals surface area (Å²) in [6, 6.07) is 0. The molecule has 1 saturated heterocycles. The summed E-state index contributed by atoms with van der Waals surface area (Å²) in [7, 11) is 1.43. The van der Waals surface area contributed by atoms with Gasteiger partial charge < -0.3 is 9.47 Å². The van der Waals surface area contributed by atoms with Crippen LogP contribution >= 0.6 is 0 Å². The topological polar surface area (TPSA) is 38.8 Å². The van der Waals surface area contributed by atoms with E-state index in [9.17, 15) is 4.79 Å². The molecule has 1 aliphatic heterocycles. The van der Waals surface area contributed by atoms with E-state index in [1.54, 1.807) is 0 Å². The largest absolute Gasteiger partial charge is 0.469 e. The van der Waals surface area contributed by atoms with Crippen molar-refractivity contribution < 1.29 is 14.3 Å². The van der Waals surface area contributed by atoms with E-state index in [1.165, 1.54) is 7.11 Å². The Kier molecular flexibility index (Phi) is 1.60. The summed E-state index contributed by atoms with van der Waals surface area (Å²) >= 11 is 0. The van der Waals surface area contributed by atoms with E-state index in [4.69, 9.17) is 4.74 Å². The van der Waals surface area contributed by atoms with Gasteiger partial charge >= 0.3 is 5.97 Å². The van der Waals surface area contributed by atoms with Crippen molar-refractivity contribution >= 4 is 5.97 Å². The van der Waals surface area contributed by atoms with Crippen LogP contribution in [0.2, 0.25) is 0 Å². The van der Waals surface area contributed by atoms with Crippen molar-refractivity contribution in [1.29, 1.82) is 0 Å². The van der Waals surface area contributed by atoms with Crippen LogP contribution < -0.4 is 0 Å². The Bertz CT molecular complexity index is 178. The first-order chi connectivity index (χ1) is 5.31. The molecule has 3 atom stereocenters. The number of rotatable bonds is 2. The molecule has 0 aromatic rings. The van der Waals surface area contributed by atoms with Crippen molar-refractivity contribution in [2.45, 2.75) is 31.5 Å². The molecule has 2 rings (SSSR count). The standard InChI is InChI=1S/C8H12O3/c1-10-7(9)4-5-2-3-6-8(5)11-6/h5-6,8H,2-4H2,1H3/t5-,6+,8-/m0/s1. The summed E-state index contributed by atoms with van der Waals surface area (Å²) in [4.78, 5) is 10.9. The Balaban J connectivity index is 1.82. The van der Waals surface area contributed by atoms with Gasteiger partial charge in [-0.3, -0.25) is 4.79 Å². The van der Waals surface area contributed by atoms with Gasteiger partial charge in [0.1, 0.15) is 0 Å².